The van der Waals surface area contributed by atoms with Gasteiger partial charge in [0.05, 0.1) is 5.56 Å². The Morgan fingerprint density at radius 2 is 1.66 bits per heavy atom. The molecule has 2 saturated heterocycles. The maximum absolute atomic E-state index is 13.5. The van der Waals surface area contributed by atoms with E-state index in [-0.39, 0.29) is 17.6 Å². The fourth-order valence-corrected chi connectivity index (χ4v) is 5.11. The third-order valence-electron chi connectivity index (χ3n) is 7.19. The van der Waals surface area contributed by atoms with Crippen LogP contribution in [0.5, 0.6) is 0 Å². The van der Waals surface area contributed by atoms with E-state index in [2.05, 4.69) is 19.9 Å². The van der Waals surface area contributed by atoms with Gasteiger partial charge in [-0.05, 0) is 63.4 Å². The molecule has 4 rings (SSSR count). The molecule has 2 aromatic rings. The highest BCUT2D eigenvalue weighted by Gasteiger charge is 2.33. The first-order valence-corrected chi connectivity index (χ1v) is 14.3. The fraction of sp³-hybridized carbons (Fsp3) is 0.548. The van der Waals surface area contributed by atoms with Gasteiger partial charge in [0.15, 0.2) is 0 Å². The van der Waals surface area contributed by atoms with E-state index in [1.807, 2.05) is 62.9 Å². The molecule has 41 heavy (non-hydrogen) atoms. The molecular formula is C31H43F3N4O3. The number of carbonyl (C=O) groups is 2. The average molecular weight is 577 g/mol. The van der Waals surface area contributed by atoms with Crippen LogP contribution in [0.25, 0.3) is 0 Å². The Balaban J connectivity index is 0.000000587. The third kappa shape index (κ3) is 9.74. The standard InChI is InChI=1S/C26H33F3N4O.C5H10O2/c1-2-25(34)33(22-6-4-3-5-7-22)23-10-14-32(15-11-23)24-18-21(26(27,28)29)9-8-20(24)19-31-16-12-30-13-17-31;1-5(2,3)7-4-6/h3-9,18,23,30H,2,10-17,19H2,1H3;4H,1-3H3. The van der Waals surface area contributed by atoms with Crippen LogP contribution in [0.4, 0.5) is 24.5 Å². The molecule has 1 amide bonds. The summed E-state index contributed by atoms with van der Waals surface area (Å²) in [7, 11) is 0. The third-order valence-corrected chi connectivity index (χ3v) is 7.19. The fourth-order valence-electron chi connectivity index (χ4n) is 5.11. The summed E-state index contributed by atoms with van der Waals surface area (Å²) in [6, 6.07) is 13.8. The van der Waals surface area contributed by atoms with Gasteiger partial charge in [-0.25, -0.2) is 0 Å². The number of hydrogen-bond acceptors (Lipinski definition) is 6. The number of benzene rings is 2. The van der Waals surface area contributed by atoms with E-state index in [4.69, 9.17) is 0 Å². The quantitative estimate of drug-likeness (QED) is 0.441. The number of nitrogens with one attached hydrogen (secondary N) is 1. The van der Waals surface area contributed by atoms with Crippen LogP contribution in [0, 0.1) is 0 Å². The van der Waals surface area contributed by atoms with Crippen molar-refractivity contribution in [3.05, 3.63) is 59.7 Å². The van der Waals surface area contributed by atoms with Crippen LogP contribution in [-0.4, -0.2) is 68.2 Å². The first kappa shape index (κ1) is 32.4. The van der Waals surface area contributed by atoms with Crippen molar-refractivity contribution in [1.29, 1.82) is 0 Å². The highest BCUT2D eigenvalue weighted by molar-refractivity contribution is 5.93. The van der Waals surface area contributed by atoms with Crippen molar-refractivity contribution in [3.63, 3.8) is 0 Å². The average Bonchev–Trinajstić information content (AvgIpc) is 2.94. The number of alkyl halides is 3. The summed E-state index contributed by atoms with van der Waals surface area (Å²) in [4.78, 5) is 28.6. The number of nitrogens with zero attached hydrogens (tertiary/aromatic N) is 3. The Bertz CT molecular complexity index is 1110. The summed E-state index contributed by atoms with van der Waals surface area (Å²) in [5.74, 6) is 0.0723. The monoisotopic (exact) mass is 576 g/mol. The highest BCUT2D eigenvalue weighted by atomic mass is 19.4. The number of anilines is 2. The maximum atomic E-state index is 13.5. The van der Waals surface area contributed by atoms with Gasteiger partial charge in [-0.2, -0.15) is 13.2 Å². The number of halogens is 3. The highest BCUT2D eigenvalue weighted by Crippen LogP contribution is 2.36. The molecule has 2 heterocycles. The van der Waals surface area contributed by atoms with Crippen molar-refractivity contribution in [2.75, 3.05) is 49.1 Å². The first-order valence-electron chi connectivity index (χ1n) is 14.3. The van der Waals surface area contributed by atoms with Gasteiger partial charge in [0, 0.05) is 69.7 Å². The van der Waals surface area contributed by atoms with Gasteiger partial charge >= 0.3 is 6.18 Å². The lowest BCUT2D eigenvalue weighted by Gasteiger charge is -2.40. The van der Waals surface area contributed by atoms with E-state index in [0.29, 0.717) is 51.1 Å². The van der Waals surface area contributed by atoms with Crippen molar-refractivity contribution in [2.24, 2.45) is 0 Å². The van der Waals surface area contributed by atoms with E-state index in [1.54, 1.807) is 6.07 Å². The second-order valence-corrected chi connectivity index (χ2v) is 11.4. The number of hydrogen-bond donors (Lipinski definition) is 1. The van der Waals surface area contributed by atoms with Crippen LogP contribution in [-0.2, 0) is 27.0 Å². The molecule has 0 saturated carbocycles. The largest absolute Gasteiger partial charge is 0.462 e. The summed E-state index contributed by atoms with van der Waals surface area (Å²) in [5, 5.41) is 3.32. The van der Waals surface area contributed by atoms with Gasteiger partial charge in [-0.1, -0.05) is 31.2 Å². The first-order chi connectivity index (χ1) is 19.4. The minimum Gasteiger partial charge on any atom is -0.462 e. The van der Waals surface area contributed by atoms with E-state index < -0.39 is 11.7 Å². The molecule has 2 fully saturated rings. The molecule has 0 aromatic heterocycles. The molecule has 0 unspecified atom stereocenters. The molecule has 0 radical (unpaired) electrons. The lowest BCUT2D eigenvalue weighted by Crippen LogP contribution is -2.48. The lowest BCUT2D eigenvalue weighted by molar-refractivity contribution is -0.139. The molecule has 10 heteroatoms. The molecule has 1 N–H and O–H groups in total. The van der Waals surface area contributed by atoms with Gasteiger partial charge in [-0.3, -0.25) is 14.5 Å². The van der Waals surface area contributed by atoms with E-state index >= 15 is 0 Å². The molecule has 0 spiro atoms. The molecule has 0 atom stereocenters. The zero-order valence-corrected chi connectivity index (χ0v) is 24.5. The Kier molecular flexibility index (Phi) is 11.6. The Hall–Kier alpha value is -3.11. The molecule has 0 aliphatic carbocycles. The minimum absolute atomic E-state index is 0.0357. The minimum atomic E-state index is -4.38. The summed E-state index contributed by atoms with van der Waals surface area (Å²) in [6.07, 6.45) is -2.54. The summed E-state index contributed by atoms with van der Waals surface area (Å²) < 4.78 is 45.1. The number of ether oxygens (including phenoxy) is 1. The Labute approximate surface area is 241 Å². The molecular weight excluding hydrogens is 533 g/mol. The van der Waals surface area contributed by atoms with E-state index in [0.717, 1.165) is 37.4 Å². The predicted molar refractivity (Wildman–Crippen MR) is 156 cm³/mol. The van der Waals surface area contributed by atoms with Gasteiger partial charge in [0.1, 0.15) is 5.60 Å². The predicted octanol–water partition coefficient (Wildman–Crippen LogP) is 5.48. The number of rotatable bonds is 7. The van der Waals surface area contributed by atoms with Crippen LogP contribution >= 0.6 is 0 Å². The molecule has 226 valence electrons. The molecule has 2 aliphatic rings. The lowest BCUT2D eigenvalue weighted by atomic mass is 9.99. The number of piperidine rings is 1. The van der Waals surface area contributed by atoms with Gasteiger partial charge < -0.3 is 19.9 Å². The number of piperazine rings is 1. The summed E-state index contributed by atoms with van der Waals surface area (Å²) in [5.41, 5.74) is 1.55. The summed E-state index contributed by atoms with van der Waals surface area (Å²) in [6.45, 7) is 13.2. The summed E-state index contributed by atoms with van der Waals surface area (Å²) >= 11 is 0. The number of carbonyl (C=O) groups excluding carboxylic acids is 2. The zero-order chi connectivity index (χ0) is 30.0. The van der Waals surface area contributed by atoms with Crippen LogP contribution in [0.1, 0.15) is 58.1 Å². The molecule has 2 aromatic carbocycles. The maximum Gasteiger partial charge on any atom is 0.416 e. The van der Waals surface area contributed by atoms with Crippen molar-refractivity contribution in [3.8, 4) is 0 Å². The van der Waals surface area contributed by atoms with E-state index in [9.17, 15) is 22.8 Å². The normalized spacial score (nSPS) is 16.9. The SMILES string of the molecule is CC(C)(C)OC=O.CCC(=O)N(c1ccccc1)C1CCN(c2cc(C(F)(F)F)ccc2CN2CCNCC2)CC1. The van der Waals surface area contributed by atoms with Gasteiger partial charge in [-0.15, -0.1) is 0 Å². The van der Waals surface area contributed by atoms with Crippen LogP contribution in [0.3, 0.4) is 0 Å². The Morgan fingerprint density at radius 1 is 1.02 bits per heavy atom. The van der Waals surface area contributed by atoms with Crippen LogP contribution in [0.15, 0.2) is 48.5 Å². The molecule has 2 aliphatic heterocycles. The van der Waals surface area contributed by atoms with Gasteiger partial charge in [0.2, 0.25) is 5.91 Å². The van der Waals surface area contributed by atoms with Crippen molar-refractivity contribution < 1.29 is 27.5 Å². The van der Waals surface area contributed by atoms with Crippen molar-refractivity contribution in [2.45, 2.75) is 71.3 Å². The number of amides is 1. The number of para-hydroxylation sites is 1. The molecule has 0 bridgehead atoms. The Morgan fingerprint density at radius 3 is 2.17 bits per heavy atom. The topological polar surface area (TPSA) is 65.1 Å². The second-order valence-electron chi connectivity index (χ2n) is 11.4. The second kappa shape index (κ2) is 14.7. The van der Waals surface area contributed by atoms with Crippen LogP contribution in [0.2, 0.25) is 0 Å². The van der Waals surface area contributed by atoms with Crippen LogP contribution < -0.4 is 15.1 Å². The smallest absolute Gasteiger partial charge is 0.416 e. The molecule has 7 nitrogen and oxygen atoms in total. The van der Waals surface area contributed by atoms with Crippen molar-refractivity contribution in [1.82, 2.24) is 10.2 Å². The zero-order valence-electron chi connectivity index (χ0n) is 24.5. The van der Waals surface area contributed by atoms with Crippen molar-refractivity contribution >= 4 is 23.8 Å². The van der Waals surface area contributed by atoms with Gasteiger partial charge in [0.25, 0.3) is 6.47 Å². The van der Waals surface area contributed by atoms with E-state index in [1.165, 1.54) is 12.1 Å².